The van der Waals surface area contributed by atoms with Crippen LogP contribution in [0.5, 0.6) is 0 Å². The molecular weight excluding hydrogens is 278 g/mol. The Morgan fingerprint density at radius 3 is 2.45 bits per heavy atom. The van der Waals surface area contributed by atoms with Crippen molar-refractivity contribution in [3.63, 3.8) is 0 Å². The van der Waals surface area contributed by atoms with E-state index in [2.05, 4.69) is 22.9 Å². The largest absolute Gasteiger partial charge is 0.351 e. The van der Waals surface area contributed by atoms with Gasteiger partial charge in [-0.3, -0.25) is 9.59 Å². The van der Waals surface area contributed by atoms with E-state index in [1.54, 1.807) is 0 Å². The van der Waals surface area contributed by atoms with Crippen LogP contribution in [0.15, 0.2) is 0 Å². The summed E-state index contributed by atoms with van der Waals surface area (Å²) >= 11 is 0. The van der Waals surface area contributed by atoms with Crippen molar-refractivity contribution in [2.75, 3.05) is 19.6 Å². The van der Waals surface area contributed by atoms with E-state index < -0.39 is 0 Å². The molecule has 1 fully saturated rings. The predicted octanol–water partition coefficient (Wildman–Crippen LogP) is 1.07. The number of hydrogen-bond donors (Lipinski definition) is 3. The van der Waals surface area contributed by atoms with Gasteiger partial charge in [-0.05, 0) is 30.8 Å². The minimum Gasteiger partial charge on any atom is -0.351 e. The van der Waals surface area contributed by atoms with Gasteiger partial charge in [0.1, 0.15) is 0 Å². The summed E-state index contributed by atoms with van der Waals surface area (Å²) < 4.78 is 0. The van der Waals surface area contributed by atoms with E-state index in [0.717, 1.165) is 19.5 Å². The molecule has 0 radical (unpaired) electrons. The predicted molar refractivity (Wildman–Crippen MR) is 82.9 cm³/mol. The lowest BCUT2D eigenvalue weighted by Gasteiger charge is -2.30. The van der Waals surface area contributed by atoms with Crippen LogP contribution in [0.3, 0.4) is 0 Å². The van der Waals surface area contributed by atoms with E-state index in [1.807, 2.05) is 20.8 Å². The number of piperidine rings is 1. The van der Waals surface area contributed by atoms with Crippen molar-refractivity contribution < 1.29 is 9.59 Å². The Hall–Kier alpha value is -0.810. The van der Waals surface area contributed by atoms with Gasteiger partial charge in [-0.15, -0.1) is 12.4 Å². The van der Waals surface area contributed by atoms with Crippen LogP contribution in [0.4, 0.5) is 0 Å². The minimum atomic E-state index is -0.0963. The van der Waals surface area contributed by atoms with Gasteiger partial charge in [-0.1, -0.05) is 27.7 Å². The number of nitrogens with one attached hydrogen (secondary N) is 3. The molecule has 2 unspecified atom stereocenters. The molecule has 1 rings (SSSR count). The van der Waals surface area contributed by atoms with Crippen molar-refractivity contribution in [3.05, 3.63) is 0 Å². The highest BCUT2D eigenvalue weighted by atomic mass is 35.5. The molecule has 1 heterocycles. The van der Waals surface area contributed by atoms with E-state index in [1.165, 1.54) is 0 Å². The van der Waals surface area contributed by atoms with Crippen molar-refractivity contribution in [2.45, 2.75) is 46.6 Å². The molecule has 3 N–H and O–H groups in total. The molecule has 1 saturated heterocycles. The zero-order chi connectivity index (χ0) is 14.5. The van der Waals surface area contributed by atoms with Gasteiger partial charge in [0.05, 0.1) is 6.54 Å². The third-order valence-electron chi connectivity index (χ3n) is 3.27. The maximum absolute atomic E-state index is 11.8. The molecule has 0 spiro atoms. The first-order chi connectivity index (χ1) is 8.78. The summed E-state index contributed by atoms with van der Waals surface area (Å²) in [5, 5.41) is 8.96. The SMILES string of the molecule is CC1CNCCC1NC(=O)CNC(=O)CC(C)(C)C.Cl. The molecule has 1 aliphatic heterocycles. The van der Waals surface area contributed by atoms with Gasteiger partial charge < -0.3 is 16.0 Å². The molecule has 0 bridgehead atoms. The molecule has 0 aromatic carbocycles. The Morgan fingerprint density at radius 1 is 1.25 bits per heavy atom. The van der Waals surface area contributed by atoms with Crippen molar-refractivity contribution in [1.29, 1.82) is 0 Å². The van der Waals surface area contributed by atoms with Crippen LogP contribution < -0.4 is 16.0 Å². The quantitative estimate of drug-likeness (QED) is 0.728. The van der Waals surface area contributed by atoms with Crippen molar-refractivity contribution in [3.8, 4) is 0 Å². The summed E-state index contributed by atoms with van der Waals surface area (Å²) in [5.74, 6) is 0.269. The minimum absolute atomic E-state index is 0. The second kappa shape index (κ2) is 8.47. The summed E-state index contributed by atoms with van der Waals surface area (Å²) in [6, 6.07) is 0.216. The standard InChI is InChI=1S/C14H27N3O2.ClH/c1-10-8-15-6-5-11(10)17-13(19)9-16-12(18)7-14(2,3)4;/h10-11,15H,5-9H2,1-4H3,(H,16,18)(H,17,19);1H. The lowest BCUT2D eigenvalue weighted by molar-refractivity contribution is -0.127. The molecular formula is C14H28ClN3O2. The Bertz CT molecular complexity index is 329. The lowest BCUT2D eigenvalue weighted by Crippen LogP contribution is -2.50. The second-order valence-corrected chi connectivity index (χ2v) is 6.66. The number of carbonyl (C=O) groups is 2. The van der Waals surface area contributed by atoms with Crippen LogP contribution >= 0.6 is 12.4 Å². The number of halogens is 1. The number of carbonyl (C=O) groups excluding carboxylic acids is 2. The van der Waals surface area contributed by atoms with E-state index in [4.69, 9.17) is 0 Å². The molecule has 1 aliphatic rings. The molecule has 118 valence electrons. The Labute approximate surface area is 128 Å². The fraction of sp³-hybridized carbons (Fsp3) is 0.857. The Balaban J connectivity index is 0.00000361. The van der Waals surface area contributed by atoms with Gasteiger partial charge in [0.25, 0.3) is 0 Å². The average Bonchev–Trinajstić information content (AvgIpc) is 2.27. The van der Waals surface area contributed by atoms with Crippen LogP contribution in [-0.2, 0) is 9.59 Å². The molecule has 0 saturated carbocycles. The monoisotopic (exact) mass is 305 g/mol. The van der Waals surface area contributed by atoms with Crippen LogP contribution in [0.2, 0.25) is 0 Å². The number of rotatable bonds is 4. The van der Waals surface area contributed by atoms with Gasteiger partial charge in [-0.25, -0.2) is 0 Å². The zero-order valence-electron chi connectivity index (χ0n) is 12.9. The normalized spacial score (nSPS) is 22.6. The maximum atomic E-state index is 11.8. The first kappa shape index (κ1) is 19.2. The summed E-state index contributed by atoms with van der Waals surface area (Å²) in [5.41, 5.74) is -0.0515. The van der Waals surface area contributed by atoms with Crippen molar-refractivity contribution >= 4 is 24.2 Å². The first-order valence-electron chi connectivity index (χ1n) is 7.05. The van der Waals surface area contributed by atoms with Gasteiger partial charge >= 0.3 is 0 Å². The van der Waals surface area contributed by atoms with Crippen LogP contribution in [-0.4, -0.2) is 37.5 Å². The second-order valence-electron chi connectivity index (χ2n) is 6.66. The molecule has 2 amide bonds. The molecule has 2 atom stereocenters. The smallest absolute Gasteiger partial charge is 0.239 e. The highest BCUT2D eigenvalue weighted by molar-refractivity contribution is 5.85. The molecule has 0 aromatic rings. The van der Waals surface area contributed by atoms with Gasteiger partial charge in [0.15, 0.2) is 0 Å². The Morgan fingerprint density at radius 2 is 1.90 bits per heavy atom. The number of hydrogen-bond acceptors (Lipinski definition) is 3. The fourth-order valence-electron chi connectivity index (χ4n) is 2.21. The van der Waals surface area contributed by atoms with E-state index in [0.29, 0.717) is 12.3 Å². The summed E-state index contributed by atoms with van der Waals surface area (Å²) in [6.07, 6.45) is 1.38. The number of amides is 2. The average molecular weight is 306 g/mol. The molecule has 0 aromatic heterocycles. The van der Waals surface area contributed by atoms with Crippen LogP contribution in [0, 0.1) is 11.3 Å². The van der Waals surface area contributed by atoms with Crippen LogP contribution in [0.25, 0.3) is 0 Å². The van der Waals surface area contributed by atoms with E-state index in [-0.39, 0.29) is 42.2 Å². The van der Waals surface area contributed by atoms with Gasteiger partial charge in [-0.2, -0.15) is 0 Å². The van der Waals surface area contributed by atoms with E-state index >= 15 is 0 Å². The molecule has 0 aliphatic carbocycles. The first-order valence-corrected chi connectivity index (χ1v) is 7.05. The molecule has 20 heavy (non-hydrogen) atoms. The topological polar surface area (TPSA) is 70.2 Å². The maximum Gasteiger partial charge on any atom is 0.239 e. The molecule has 6 heteroatoms. The zero-order valence-corrected chi connectivity index (χ0v) is 13.7. The summed E-state index contributed by atoms with van der Waals surface area (Å²) in [7, 11) is 0. The highest BCUT2D eigenvalue weighted by Gasteiger charge is 2.23. The van der Waals surface area contributed by atoms with E-state index in [9.17, 15) is 9.59 Å². The lowest BCUT2D eigenvalue weighted by atomic mass is 9.92. The third-order valence-corrected chi connectivity index (χ3v) is 3.27. The van der Waals surface area contributed by atoms with Crippen molar-refractivity contribution in [2.24, 2.45) is 11.3 Å². The fourth-order valence-corrected chi connectivity index (χ4v) is 2.21. The van der Waals surface area contributed by atoms with Gasteiger partial charge in [0, 0.05) is 12.5 Å². The van der Waals surface area contributed by atoms with Gasteiger partial charge in [0.2, 0.25) is 11.8 Å². The summed E-state index contributed by atoms with van der Waals surface area (Å²) in [6.45, 7) is 10.1. The highest BCUT2D eigenvalue weighted by Crippen LogP contribution is 2.17. The molecule has 5 nitrogen and oxygen atoms in total. The third kappa shape index (κ3) is 7.70. The van der Waals surface area contributed by atoms with Crippen LogP contribution in [0.1, 0.15) is 40.5 Å². The van der Waals surface area contributed by atoms with Crippen molar-refractivity contribution in [1.82, 2.24) is 16.0 Å². The summed E-state index contributed by atoms with van der Waals surface area (Å²) in [4.78, 5) is 23.4. The Kier molecular flexibility index (Phi) is 8.13.